The molecule has 0 unspecified atom stereocenters. The maximum absolute atomic E-state index is 12.3. The summed E-state index contributed by atoms with van der Waals surface area (Å²) >= 11 is 9.41. The summed E-state index contributed by atoms with van der Waals surface area (Å²) in [5, 5.41) is 9.39. The smallest absolute Gasteiger partial charge is 0.329 e. The van der Waals surface area contributed by atoms with Gasteiger partial charge in [0.05, 0.1) is 29.2 Å². The third-order valence-electron chi connectivity index (χ3n) is 4.49. The summed E-state index contributed by atoms with van der Waals surface area (Å²) in [6.45, 7) is 1.93. The number of anilines is 2. The third-order valence-corrected chi connectivity index (χ3v) is 5.31. The van der Waals surface area contributed by atoms with Crippen LogP contribution in [0, 0.1) is 0 Å². The van der Waals surface area contributed by atoms with Crippen molar-refractivity contribution in [2.24, 2.45) is 5.10 Å². The number of benzene rings is 3. The van der Waals surface area contributed by atoms with Gasteiger partial charge in [0, 0.05) is 10.0 Å². The highest BCUT2D eigenvalue weighted by molar-refractivity contribution is 9.10. The maximum Gasteiger partial charge on any atom is 0.329 e. The number of amides is 3. The Morgan fingerprint density at radius 3 is 2.39 bits per heavy atom. The Balaban J connectivity index is 1.59. The standard InChI is InChI=1S/C25H22BrClN4O5/c1-2-35-22-10-6-5-9-20(22)30-24(33)25(34)31-28-14-16-13-17(26)11-12-21(16)36-15-23(32)29-19-8-4-3-7-18(19)27/h3-14H,2,15H2,1H3,(H,29,32)(H,30,33)(H,31,34)/b28-14-. The lowest BCUT2D eigenvalue weighted by Gasteiger charge is -2.11. The normalized spacial score (nSPS) is 10.5. The zero-order valence-electron chi connectivity index (χ0n) is 19.1. The van der Waals surface area contributed by atoms with E-state index in [1.165, 1.54) is 6.21 Å². The lowest BCUT2D eigenvalue weighted by atomic mass is 10.2. The van der Waals surface area contributed by atoms with E-state index >= 15 is 0 Å². The van der Waals surface area contributed by atoms with Crippen molar-refractivity contribution in [2.45, 2.75) is 6.92 Å². The second-order valence-corrected chi connectivity index (χ2v) is 8.40. The van der Waals surface area contributed by atoms with Crippen molar-refractivity contribution in [2.75, 3.05) is 23.8 Å². The van der Waals surface area contributed by atoms with Crippen molar-refractivity contribution in [1.82, 2.24) is 5.43 Å². The molecule has 36 heavy (non-hydrogen) atoms. The number of para-hydroxylation sites is 3. The molecular weight excluding hydrogens is 552 g/mol. The van der Waals surface area contributed by atoms with Crippen molar-refractivity contribution >= 4 is 62.8 Å². The molecule has 0 heterocycles. The van der Waals surface area contributed by atoms with E-state index in [4.69, 9.17) is 21.1 Å². The molecule has 0 aromatic heterocycles. The molecule has 0 fully saturated rings. The monoisotopic (exact) mass is 572 g/mol. The molecule has 3 aromatic carbocycles. The maximum atomic E-state index is 12.3. The number of rotatable bonds is 9. The van der Waals surface area contributed by atoms with Gasteiger partial charge in [0.1, 0.15) is 11.5 Å². The molecule has 0 spiro atoms. The molecular formula is C25H22BrClN4O5. The highest BCUT2D eigenvalue weighted by Crippen LogP contribution is 2.24. The van der Waals surface area contributed by atoms with E-state index in [0.29, 0.717) is 44.5 Å². The lowest BCUT2D eigenvalue weighted by molar-refractivity contribution is -0.136. The summed E-state index contributed by atoms with van der Waals surface area (Å²) < 4.78 is 11.8. The first-order valence-electron chi connectivity index (χ1n) is 10.7. The Hall–Kier alpha value is -3.89. The molecule has 0 aliphatic rings. The summed E-state index contributed by atoms with van der Waals surface area (Å²) in [4.78, 5) is 36.7. The van der Waals surface area contributed by atoms with E-state index in [1.54, 1.807) is 66.7 Å². The van der Waals surface area contributed by atoms with Crippen LogP contribution in [-0.4, -0.2) is 37.1 Å². The van der Waals surface area contributed by atoms with Gasteiger partial charge in [-0.3, -0.25) is 14.4 Å². The predicted molar refractivity (Wildman–Crippen MR) is 142 cm³/mol. The van der Waals surface area contributed by atoms with E-state index in [9.17, 15) is 14.4 Å². The average molecular weight is 574 g/mol. The number of nitrogens with zero attached hydrogens (tertiary/aromatic N) is 1. The molecule has 3 rings (SSSR count). The summed E-state index contributed by atoms with van der Waals surface area (Å²) in [5.74, 6) is -1.53. The minimum absolute atomic E-state index is 0.290. The Labute approximate surface area is 220 Å². The van der Waals surface area contributed by atoms with E-state index in [1.807, 2.05) is 6.92 Å². The molecule has 3 aromatic rings. The van der Waals surface area contributed by atoms with Crippen molar-refractivity contribution in [3.05, 3.63) is 81.8 Å². The van der Waals surface area contributed by atoms with Gasteiger partial charge in [0.25, 0.3) is 5.91 Å². The van der Waals surface area contributed by atoms with Gasteiger partial charge in [-0.25, -0.2) is 5.43 Å². The molecule has 9 nitrogen and oxygen atoms in total. The first-order chi connectivity index (χ1) is 17.4. The molecule has 0 aliphatic heterocycles. The Kier molecular flexibility index (Phi) is 9.84. The Morgan fingerprint density at radius 2 is 1.64 bits per heavy atom. The van der Waals surface area contributed by atoms with Gasteiger partial charge in [-0.1, -0.05) is 51.8 Å². The number of hydrogen-bond acceptors (Lipinski definition) is 6. The molecule has 186 valence electrons. The number of carbonyl (C=O) groups excluding carboxylic acids is 3. The van der Waals surface area contributed by atoms with E-state index in [-0.39, 0.29) is 6.61 Å². The van der Waals surface area contributed by atoms with E-state index in [2.05, 4.69) is 37.1 Å². The van der Waals surface area contributed by atoms with Gasteiger partial charge in [0.15, 0.2) is 6.61 Å². The van der Waals surface area contributed by atoms with Crippen LogP contribution < -0.4 is 25.5 Å². The largest absolute Gasteiger partial charge is 0.492 e. The molecule has 0 saturated heterocycles. The molecule has 0 aliphatic carbocycles. The van der Waals surface area contributed by atoms with Crippen LogP contribution in [0.4, 0.5) is 11.4 Å². The number of halogens is 2. The first kappa shape index (κ1) is 26.7. The van der Waals surface area contributed by atoms with E-state index < -0.39 is 17.7 Å². The van der Waals surface area contributed by atoms with Gasteiger partial charge in [0.2, 0.25) is 0 Å². The van der Waals surface area contributed by atoms with Crippen LogP contribution >= 0.6 is 27.5 Å². The van der Waals surface area contributed by atoms with Crippen LogP contribution in [0.1, 0.15) is 12.5 Å². The molecule has 0 bridgehead atoms. The molecule has 11 heteroatoms. The number of ether oxygens (including phenoxy) is 2. The lowest BCUT2D eigenvalue weighted by Crippen LogP contribution is -2.32. The first-order valence-corrected chi connectivity index (χ1v) is 11.9. The van der Waals surface area contributed by atoms with Crippen LogP contribution in [0.2, 0.25) is 5.02 Å². The zero-order chi connectivity index (χ0) is 25.9. The molecule has 3 amide bonds. The second-order valence-electron chi connectivity index (χ2n) is 7.08. The Morgan fingerprint density at radius 1 is 0.917 bits per heavy atom. The molecule has 0 atom stereocenters. The Bertz CT molecular complexity index is 1280. The quantitative estimate of drug-likeness (QED) is 0.196. The zero-order valence-corrected chi connectivity index (χ0v) is 21.4. The fraction of sp³-hybridized carbons (Fsp3) is 0.120. The van der Waals surface area contributed by atoms with Crippen LogP contribution in [0.5, 0.6) is 11.5 Å². The van der Waals surface area contributed by atoms with Gasteiger partial charge >= 0.3 is 11.8 Å². The highest BCUT2D eigenvalue weighted by atomic mass is 79.9. The second kappa shape index (κ2) is 13.3. The van der Waals surface area contributed by atoms with Gasteiger partial charge in [-0.2, -0.15) is 5.10 Å². The number of hydrogen-bond donors (Lipinski definition) is 3. The van der Waals surface area contributed by atoms with E-state index in [0.717, 1.165) is 0 Å². The number of carbonyl (C=O) groups is 3. The predicted octanol–water partition coefficient (Wildman–Crippen LogP) is 4.61. The summed E-state index contributed by atoms with van der Waals surface area (Å²) in [5.41, 5.74) is 3.45. The van der Waals surface area contributed by atoms with Crippen LogP contribution in [0.25, 0.3) is 0 Å². The van der Waals surface area contributed by atoms with Crippen molar-refractivity contribution in [1.29, 1.82) is 0 Å². The average Bonchev–Trinajstić information content (AvgIpc) is 2.86. The molecule has 3 N–H and O–H groups in total. The number of hydrazone groups is 1. The third kappa shape index (κ3) is 7.82. The van der Waals surface area contributed by atoms with Crippen molar-refractivity contribution < 1.29 is 23.9 Å². The summed E-state index contributed by atoms with van der Waals surface area (Å²) in [6, 6.07) is 18.6. The summed E-state index contributed by atoms with van der Waals surface area (Å²) in [6.07, 6.45) is 1.30. The minimum atomic E-state index is -0.978. The van der Waals surface area contributed by atoms with Crippen LogP contribution in [-0.2, 0) is 14.4 Å². The summed E-state index contributed by atoms with van der Waals surface area (Å²) in [7, 11) is 0. The minimum Gasteiger partial charge on any atom is -0.492 e. The van der Waals surface area contributed by atoms with Crippen molar-refractivity contribution in [3.63, 3.8) is 0 Å². The fourth-order valence-electron chi connectivity index (χ4n) is 2.89. The van der Waals surface area contributed by atoms with Gasteiger partial charge < -0.3 is 20.1 Å². The number of nitrogens with one attached hydrogen (secondary N) is 3. The van der Waals surface area contributed by atoms with Gasteiger partial charge in [-0.15, -0.1) is 0 Å². The highest BCUT2D eigenvalue weighted by Gasteiger charge is 2.15. The van der Waals surface area contributed by atoms with Crippen molar-refractivity contribution in [3.8, 4) is 11.5 Å². The molecule has 0 radical (unpaired) electrons. The fourth-order valence-corrected chi connectivity index (χ4v) is 3.45. The van der Waals surface area contributed by atoms with Crippen LogP contribution in [0.15, 0.2) is 76.3 Å². The molecule has 0 saturated carbocycles. The topological polar surface area (TPSA) is 118 Å². The SMILES string of the molecule is CCOc1ccccc1NC(=O)C(=O)N/N=C\c1cc(Br)ccc1OCC(=O)Nc1ccccc1Cl. The van der Waals surface area contributed by atoms with Gasteiger partial charge in [-0.05, 0) is 49.4 Å². The van der Waals surface area contributed by atoms with Crippen LogP contribution in [0.3, 0.4) is 0 Å².